The molecule has 2 aromatic heterocycles. The van der Waals surface area contributed by atoms with Gasteiger partial charge in [-0.1, -0.05) is 30.3 Å². The first-order chi connectivity index (χ1) is 11.6. The zero-order chi connectivity index (χ0) is 16.9. The molecule has 0 fully saturated rings. The Morgan fingerprint density at radius 1 is 1.25 bits per heavy atom. The summed E-state index contributed by atoms with van der Waals surface area (Å²) in [4.78, 5) is 16.1. The fourth-order valence-electron chi connectivity index (χ4n) is 2.25. The molecule has 0 aliphatic carbocycles. The van der Waals surface area contributed by atoms with E-state index in [1.807, 2.05) is 30.3 Å². The summed E-state index contributed by atoms with van der Waals surface area (Å²) < 4.78 is 21.0. The van der Waals surface area contributed by atoms with Crippen LogP contribution in [0.25, 0.3) is 5.65 Å². The SMILES string of the molecule is O=C(NCCc1nc2ccc(F)cn2c1I)OCc1ccccc1. The van der Waals surface area contributed by atoms with E-state index in [2.05, 4.69) is 32.9 Å². The van der Waals surface area contributed by atoms with Crippen LogP contribution in [0, 0.1) is 9.52 Å². The van der Waals surface area contributed by atoms with E-state index >= 15 is 0 Å². The summed E-state index contributed by atoms with van der Waals surface area (Å²) in [5.41, 5.74) is 2.43. The van der Waals surface area contributed by atoms with E-state index in [4.69, 9.17) is 4.74 Å². The highest BCUT2D eigenvalue weighted by molar-refractivity contribution is 14.1. The summed E-state index contributed by atoms with van der Waals surface area (Å²) in [6.45, 7) is 0.633. The van der Waals surface area contributed by atoms with Crippen LogP contribution >= 0.6 is 22.6 Å². The second-order valence-electron chi connectivity index (χ2n) is 5.16. The van der Waals surface area contributed by atoms with E-state index < -0.39 is 6.09 Å². The van der Waals surface area contributed by atoms with Crippen LogP contribution in [0.4, 0.5) is 9.18 Å². The van der Waals surface area contributed by atoms with E-state index in [9.17, 15) is 9.18 Å². The van der Waals surface area contributed by atoms with Gasteiger partial charge in [-0.25, -0.2) is 14.2 Å². The van der Waals surface area contributed by atoms with E-state index in [0.29, 0.717) is 18.6 Å². The lowest BCUT2D eigenvalue weighted by molar-refractivity contribution is 0.140. The smallest absolute Gasteiger partial charge is 0.407 e. The number of pyridine rings is 1. The molecule has 0 unspecified atom stereocenters. The first kappa shape index (κ1) is 16.7. The van der Waals surface area contributed by atoms with Crippen LogP contribution in [-0.4, -0.2) is 22.0 Å². The predicted octanol–water partition coefficient (Wildman–Crippen LogP) is 3.55. The number of benzene rings is 1. The van der Waals surface area contributed by atoms with E-state index in [1.54, 1.807) is 10.5 Å². The average Bonchev–Trinajstić information content (AvgIpc) is 2.90. The number of imidazole rings is 1. The zero-order valence-corrected chi connectivity index (χ0v) is 14.9. The van der Waals surface area contributed by atoms with Crippen LogP contribution in [0.3, 0.4) is 0 Å². The van der Waals surface area contributed by atoms with Crippen LogP contribution in [0.5, 0.6) is 0 Å². The first-order valence-corrected chi connectivity index (χ1v) is 8.48. The van der Waals surface area contributed by atoms with E-state index in [0.717, 1.165) is 15.0 Å². The maximum atomic E-state index is 13.3. The minimum absolute atomic E-state index is 0.234. The van der Waals surface area contributed by atoms with Gasteiger partial charge in [0.15, 0.2) is 0 Å². The van der Waals surface area contributed by atoms with Crippen molar-refractivity contribution < 1.29 is 13.9 Å². The quantitative estimate of drug-likeness (QED) is 0.619. The highest BCUT2D eigenvalue weighted by Crippen LogP contribution is 2.16. The Labute approximate surface area is 152 Å². The highest BCUT2D eigenvalue weighted by Gasteiger charge is 2.11. The third-order valence-corrected chi connectivity index (χ3v) is 4.58. The maximum Gasteiger partial charge on any atom is 0.407 e. The van der Waals surface area contributed by atoms with Crippen molar-refractivity contribution in [2.75, 3.05) is 6.54 Å². The summed E-state index contributed by atoms with van der Waals surface area (Å²) in [5, 5.41) is 2.70. The van der Waals surface area contributed by atoms with Crippen molar-refractivity contribution in [3.63, 3.8) is 0 Å². The summed E-state index contributed by atoms with van der Waals surface area (Å²) in [7, 11) is 0. The van der Waals surface area contributed by atoms with Gasteiger partial charge in [-0.15, -0.1) is 0 Å². The van der Waals surface area contributed by atoms with E-state index in [1.165, 1.54) is 12.3 Å². The number of carbonyl (C=O) groups is 1. The molecule has 0 saturated heterocycles. The van der Waals surface area contributed by atoms with Gasteiger partial charge in [-0.05, 0) is 40.3 Å². The fourth-order valence-corrected chi connectivity index (χ4v) is 3.03. The Morgan fingerprint density at radius 3 is 2.83 bits per heavy atom. The van der Waals surface area contributed by atoms with Crippen LogP contribution in [-0.2, 0) is 17.8 Å². The topological polar surface area (TPSA) is 55.6 Å². The molecule has 1 amide bonds. The monoisotopic (exact) mass is 439 g/mol. The summed E-state index contributed by atoms with van der Waals surface area (Å²) in [6.07, 6.45) is 1.47. The van der Waals surface area contributed by atoms with Crippen molar-refractivity contribution in [3.05, 3.63) is 69.4 Å². The number of halogens is 2. The molecule has 0 aliphatic rings. The van der Waals surface area contributed by atoms with Gasteiger partial charge in [0.25, 0.3) is 0 Å². The van der Waals surface area contributed by atoms with Crippen molar-refractivity contribution in [2.45, 2.75) is 13.0 Å². The van der Waals surface area contributed by atoms with Crippen molar-refractivity contribution in [1.29, 1.82) is 0 Å². The normalized spacial score (nSPS) is 10.8. The zero-order valence-electron chi connectivity index (χ0n) is 12.7. The molecule has 0 saturated carbocycles. The molecule has 0 aliphatic heterocycles. The number of amides is 1. The van der Waals surface area contributed by atoms with Gasteiger partial charge < -0.3 is 10.1 Å². The van der Waals surface area contributed by atoms with Crippen molar-refractivity contribution >= 4 is 34.3 Å². The lowest BCUT2D eigenvalue weighted by atomic mass is 10.2. The second kappa shape index (κ2) is 7.61. The number of nitrogens with zero attached hydrogens (tertiary/aromatic N) is 2. The van der Waals surface area contributed by atoms with Gasteiger partial charge in [-0.2, -0.15) is 0 Å². The minimum atomic E-state index is -0.469. The number of aromatic nitrogens is 2. The van der Waals surface area contributed by atoms with Gasteiger partial charge in [0, 0.05) is 19.2 Å². The largest absolute Gasteiger partial charge is 0.445 e. The number of hydrogen-bond acceptors (Lipinski definition) is 3. The van der Waals surface area contributed by atoms with Crippen LogP contribution in [0.2, 0.25) is 0 Å². The number of fused-ring (bicyclic) bond motifs is 1. The Morgan fingerprint density at radius 2 is 2.04 bits per heavy atom. The molecular formula is C17H15FIN3O2. The molecule has 0 bridgehead atoms. The molecule has 0 atom stereocenters. The predicted molar refractivity (Wildman–Crippen MR) is 96.2 cm³/mol. The van der Waals surface area contributed by atoms with Crippen molar-refractivity contribution in [2.24, 2.45) is 0 Å². The molecule has 7 heteroatoms. The molecule has 0 radical (unpaired) electrons. The molecule has 3 aromatic rings. The Balaban J connectivity index is 1.51. The highest BCUT2D eigenvalue weighted by atomic mass is 127. The van der Waals surface area contributed by atoms with Crippen molar-refractivity contribution in [1.82, 2.24) is 14.7 Å². The van der Waals surface area contributed by atoms with Gasteiger partial charge in [0.05, 0.1) is 5.69 Å². The Kier molecular flexibility index (Phi) is 5.29. The van der Waals surface area contributed by atoms with Gasteiger partial charge in [0.1, 0.15) is 21.8 Å². The standard InChI is InChI=1S/C17H15FIN3O2/c18-13-6-7-15-21-14(16(19)22(15)10-13)8-9-20-17(23)24-11-12-4-2-1-3-5-12/h1-7,10H,8-9,11H2,(H,20,23). The number of hydrogen-bond donors (Lipinski definition) is 1. The molecule has 124 valence electrons. The Hall–Kier alpha value is -2.16. The molecule has 5 nitrogen and oxygen atoms in total. The number of ether oxygens (including phenoxy) is 1. The minimum Gasteiger partial charge on any atom is -0.445 e. The van der Waals surface area contributed by atoms with Crippen LogP contribution in [0.1, 0.15) is 11.3 Å². The van der Waals surface area contributed by atoms with E-state index in [-0.39, 0.29) is 12.4 Å². The average molecular weight is 439 g/mol. The number of carbonyl (C=O) groups excluding carboxylic acids is 1. The van der Waals surface area contributed by atoms with Crippen LogP contribution in [0.15, 0.2) is 48.7 Å². The van der Waals surface area contributed by atoms with Crippen LogP contribution < -0.4 is 5.32 Å². The lowest BCUT2D eigenvalue weighted by Crippen LogP contribution is -2.26. The first-order valence-electron chi connectivity index (χ1n) is 7.40. The van der Waals surface area contributed by atoms with Gasteiger partial charge in [-0.3, -0.25) is 4.40 Å². The molecule has 0 spiro atoms. The molecule has 1 N–H and O–H groups in total. The summed E-state index contributed by atoms with van der Waals surface area (Å²) >= 11 is 2.12. The molecule has 2 heterocycles. The summed E-state index contributed by atoms with van der Waals surface area (Å²) in [6, 6.07) is 12.5. The summed E-state index contributed by atoms with van der Waals surface area (Å²) in [5.74, 6) is -0.313. The molecule has 1 aromatic carbocycles. The van der Waals surface area contributed by atoms with Crippen molar-refractivity contribution in [3.8, 4) is 0 Å². The molecular weight excluding hydrogens is 424 g/mol. The third kappa shape index (κ3) is 4.02. The van der Waals surface area contributed by atoms with Gasteiger partial charge >= 0.3 is 6.09 Å². The lowest BCUT2D eigenvalue weighted by Gasteiger charge is -2.06. The molecule has 24 heavy (non-hydrogen) atoms. The number of alkyl carbamates (subject to hydrolysis) is 1. The number of nitrogens with one attached hydrogen (secondary N) is 1. The number of rotatable bonds is 5. The second-order valence-corrected chi connectivity index (χ2v) is 6.19. The van der Waals surface area contributed by atoms with Gasteiger partial charge in [0.2, 0.25) is 0 Å². The fraction of sp³-hybridized carbons (Fsp3) is 0.176. The molecule has 3 rings (SSSR count). The maximum absolute atomic E-state index is 13.3. The Bertz CT molecular complexity index is 852. The third-order valence-electron chi connectivity index (χ3n) is 3.43.